The number of carbonyl (C=O) groups is 1. The van der Waals surface area contributed by atoms with E-state index in [0.717, 1.165) is 37.2 Å². The first-order valence-electron chi connectivity index (χ1n) is 9.34. The Bertz CT molecular complexity index is 890. The Kier molecular flexibility index (Phi) is 4.65. The molecule has 26 heavy (non-hydrogen) atoms. The lowest BCUT2D eigenvalue weighted by molar-refractivity contribution is 0.0713. The Labute approximate surface area is 153 Å². The number of ether oxygens (including phenoxy) is 1. The number of nitrogens with one attached hydrogen (secondary N) is 1. The molecule has 1 amide bonds. The average molecular weight is 348 g/mol. The maximum Gasteiger partial charge on any atom is 0.253 e. The second-order valence-electron chi connectivity index (χ2n) is 6.81. The molecule has 134 valence electrons. The summed E-state index contributed by atoms with van der Waals surface area (Å²) in [7, 11) is 0. The van der Waals surface area contributed by atoms with Gasteiger partial charge in [-0.15, -0.1) is 0 Å². The number of carbonyl (C=O) groups excluding carboxylic acids is 1. The topological polar surface area (TPSA) is 45.3 Å². The van der Waals surface area contributed by atoms with Crippen LogP contribution in [-0.2, 0) is 0 Å². The van der Waals surface area contributed by atoms with Crippen molar-refractivity contribution < 1.29 is 9.53 Å². The van der Waals surface area contributed by atoms with Gasteiger partial charge in [0.05, 0.1) is 6.61 Å². The van der Waals surface area contributed by atoms with Crippen LogP contribution in [0.2, 0.25) is 0 Å². The van der Waals surface area contributed by atoms with Crippen molar-refractivity contribution in [3.8, 4) is 5.75 Å². The van der Waals surface area contributed by atoms with Gasteiger partial charge in [0.25, 0.3) is 5.91 Å². The predicted molar refractivity (Wildman–Crippen MR) is 104 cm³/mol. The highest BCUT2D eigenvalue weighted by molar-refractivity contribution is 5.94. The largest absolute Gasteiger partial charge is 0.494 e. The van der Waals surface area contributed by atoms with Crippen molar-refractivity contribution in [3.05, 3.63) is 65.9 Å². The van der Waals surface area contributed by atoms with Gasteiger partial charge < -0.3 is 14.6 Å². The number of piperidine rings is 1. The van der Waals surface area contributed by atoms with Crippen molar-refractivity contribution in [2.45, 2.75) is 25.7 Å². The zero-order valence-corrected chi connectivity index (χ0v) is 15.1. The van der Waals surface area contributed by atoms with Crippen LogP contribution in [0.15, 0.2) is 54.7 Å². The van der Waals surface area contributed by atoms with Gasteiger partial charge in [0.15, 0.2) is 0 Å². The Hall–Kier alpha value is -2.75. The smallest absolute Gasteiger partial charge is 0.253 e. The lowest BCUT2D eigenvalue weighted by Crippen LogP contribution is -2.37. The van der Waals surface area contributed by atoms with Crippen molar-refractivity contribution in [1.29, 1.82) is 0 Å². The van der Waals surface area contributed by atoms with Crippen molar-refractivity contribution in [1.82, 2.24) is 9.88 Å². The zero-order valence-electron chi connectivity index (χ0n) is 15.1. The number of H-pyrrole nitrogens is 1. The van der Waals surface area contributed by atoms with E-state index >= 15 is 0 Å². The monoisotopic (exact) mass is 348 g/mol. The molecule has 3 aromatic rings. The fraction of sp³-hybridized carbons (Fsp3) is 0.318. The molecular weight excluding hydrogens is 324 g/mol. The first kappa shape index (κ1) is 16.7. The van der Waals surface area contributed by atoms with Crippen LogP contribution < -0.4 is 4.74 Å². The highest BCUT2D eigenvalue weighted by Crippen LogP contribution is 2.33. The van der Waals surface area contributed by atoms with Crippen molar-refractivity contribution in [3.63, 3.8) is 0 Å². The van der Waals surface area contributed by atoms with Gasteiger partial charge in [-0.2, -0.15) is 0 Å². The van der Waals surface area contributed by atoms with E-state index < -0.39 is 0 Å². The molecule has 0 unspecified atom stereocenters. The van der Waals surface area contributed by atoms with Crippen molar-refractivity contribution >= 4 is 16.8 Å². The lowest BCUT2D eigenvalue weighted by Gasteiger charge is -2.32. The van der Waals surface area contributed by atoms with Crippen LogP contribution in [0.4, 0.5) is 0 Å². The predicted octanol–water partition coefficient (Wildman–Crippen LogP) is 4.59. The lowest BCUT2D eigenvalue weighted by atomic mass is 9.89. The fourth-order valence-electron chi connectivity index (χ4n) is 3.87. The summed E-state index contributed by atoms with van der Waals surface area (Å²) in [4.78, 5) is 18.1. The maximum atomic E-state index is 12.8. The molecule has 2 aromatic carbocycles. The van der Waals surface area contributed by atoms with Crippen LogP contribution >= 0.6 is 0 Å². The van der Waals surface area contributed by atoms with E-state index in [1.54, 1.807) is 0 Å². The molecule has 1 aliphatic heterocycles. The third kappa shape index (κ3) is 3.19. The van der Waals surface area contributed by atoms with Crippen LogP contribution in [0.25, 0.3) is 10.9 Å². The van der Waals surface area contributed by atoms with E-state index in [1.165, 1.54) is 16.5 Å². The second kappa shape index (κ2) is 7.24. The average Bonchev–Trinajstić information content (AvgIpc) is 3.13. The van der Waals surface area contributed by atoms with Gasteiger partial charge in [0, 0.05) is 35.8 Å². The molecule has 1 N–H and O–H groups in total. The van der Waals surface area contributed by atoms with Crippen LogP contribution in [0.5, 0.6) is 5.75 Å². The number of amides is 1. The van der Waals surface area contributed by atoms with E-state index in [0.29, 0.717) is 12.5 Å². The number of benzene rings is 2. The molecule has 4 rings (SSSR count). The molecule has 1 saturated heterocycles. The molecule has 2 heterocycles. The van der Waals surface area contributed by atoms with Gasteiger partial charge in [0.2, 0.25) is 0 Å². The number of para-hydroxylation sites is 1. The quantitative estimate of drug-likeness (QED) is 0.750. The molecule has 0 bridgehead atoms. The Morgan fingerprint density at radius 1 is 1.12 bits per heavy atom. The van der Waals surface area contributed by atoms with Gasteiger partial charge >= 0.3 is 0 Å². The van der Waals surface area contributed by atoms with Crippen LogP contribution in [0.3, 0.4) is 0 Å². The van der Waals surface area contributed by atoms with Gasteiger partial charge in [-0.25, -0.2) is 0 Å². The van der Waals surface area contributed by atoms with E-state index in [1.807, 2.05) is 36.1 Å². The molecule has 0 spiro atoms. The van der Waals surface area contributed by atoms with Crippen LogP contribution in [0.1, 0.15) is 41.6 Å². The van der Waals surface area contributed by atoms with Crippen LogP contribution in [-0.4, -0.2) is 35.5 Å². The number of aromatic nitrogens is 1. The maximum absolute atomic E-state index is 12.8. The summed E-state index contributed by atoms with van der Waals surface area (Å²) in [6.07, 6.45) is 4.15. The van der Waals surface area contributed by atoms with Crippen molar-refractivity contribution in [2.24, 2.45) is 0 Å². The SMILES string of the molecule is CCOc1ccc(C(=O)N2CCC(c3c[nH]c4ccccc34)CC2)cc1. The Morgan fingerprint density at radius 2 is 1.85 bits per heavy atom. The number of fused-ring (bicyclic) bond motifs is 1. The molecule has 1 fully saturated rings. The Morgan fingerprint density at radius 3 is 2.58 bits per heavy atom. The van der Waals surface area contributed by atoms with Gasteiger partial charge in [-0.3, -0.25) is 4.79 Å². The minimum absolute atomic E-state index is 0.116. The summed E-state index contributed by atoms with van der Waals surface area (Å²) in [5.74, 6) is 1.43. The van der Waals surface area contributed by atoms with E-state index in [2.05, 4.69) is 35.4 Å². The zero-order chi connectivity index (χ0) is 17.9. The molecule has 4 heteroatoms. The van der Waals surface area contributed by atoms with Gasteiger partial charge in [-0.05, 0) is 61.6 Å². The summed E-state index contributed by atoms with van der Waals surface area (Å²) in [5.41, 5.74) is 3.31. The number of hydrogen-bond donors (Lipinski definition) is 1. The van der Waals surface area contributed by atoms with E-state index in [4.69, 9.17) is 4.74 Å². The third-order valence-corrected chi connectivity index (χ3v) is 5.26. The van der Waals surface area contributed by atoms with Gasteiger partial charge in [0.1, 0.15) is 5.75 Å². The highest BCUT2D eigenvalue weighted by Gasteiger charge is 2.26. The summed E-state index contributed by atoms with van der Waals surface area (Å²) < 4.78 is 5.45. The Balaban J connectivity index is 1.42. The number of nitrogens with zero attached hydrogens (tertiary/aromatic N) is 1. The first-order valence-corrected chi connectivity index (χ1v) is 9.34. The molecular formula is C22H24N2O2. The summed E-state index contributed by atoms with van der Waals surface area (Å²) >= 11 is 0. The van der Waals surface area contributed by atoms with Crippen molar-refractivity contribution in [2.75, 3.05) is 19.7 Å². The normalized spacial score (nSPS) is 15.3. The molecule has 0 atom stereocenters. The molecule has 0 radical (unpaired) electrons. The standard InChI is InChI=1S/C22H24N2O2/c1-2-26-18-9-7-17(8-10-18)22(25)24-13-11-16(12-14-24)20-15-23-21-6-4-3-5-19(20)21/h3-10,15-16,23H,2,11-14H2,1H3. The molecule has 0 saturated carbocycles. The first-order chi connectivity index (χ1) is 12.8. The van der Waals surface area contributed by atoms with E-state index in [9.17, 15) is 4.79 Å². The highest BCUT2D eigenvalue weighted by atomic mass is 16.5. The third-order valence-electron chi connectivity index (χ3n) is 5.26. The molecule has 0 aliphatic carbocycles. The molecule has 4 nitrogen and oxygen atoms in total. The van der Waals surface area contributed by atoms with Crippen LogP contribution in [0, 0.1) is 0 Å². The molecule has 1 aromatic heterocycles. The minimum atomic E-state index is 0.116. The number of hydrogen-bond acceptors (Lipinski definition) is 2. The fourth-order valence-corrected chi connectivity index (χ4v) is 3.87. The summed E-state index contributed by atoms with van der Waals surface area (Å²) in [6.45, 7) is 4.19. The summed E-state index contributed by atoms with van der Waals surface area (Å²) in [5, 5.41) is 1.31. The number of aromatic amines is 1. The number of likely N-dealkylation sites (tertiary alicyclic amines) is 1. The molecule has 1 aliphatic rings. The number of rotatable bonds is 4. The van der Waals surface area contributed by atoms with Gasteiger partial charge in [-0.1, -0.05) is 18.2 Å². The summed E-state index contributed by atoms with van der Waals surface area (Å²) in [6, 6.07) is 15.9. The minimum Gasteiger partial charge on any atom is -0.494 e. The van der Waals surface area contributed by atoms with E-state index in [-0.39, 0.29) is 5.91 Å². The second-order valence-corrected chi connectivity index (χ2v) is 6.81.